The van der Waals surface area contributed by atoms with E-state index < -0.39 is 0 Å². The monoisotopic (exact) mass is 254 g/mol. The molecular weight excluding hydrogens is 224 g/mol. The van der Waals surface area contributed by atoms with E-state index in [9.17, 15) is 0 Å². The van der Waals surface area contributed by atoms with Crippen LogP contribution in [-0.2, 0) is 4.74 Å². The number of nitrogens with one attached hydrogen (secondary N) is 2. The molecule has 0 aromatic carbocycles. The van der Waals surface area contributed by atoms with Crippen molar-refractivity contribution in [2.24, 2.45) is 5.92 Å². The third kappa shape index (κ3) is 4.22. The highest BCUT2D eigenvalue weighted by atomic mass is 16.5. The Bertz CT molecular complexity index is 227. The number of hydrogen-bond donors (Lipinski definition) is 2. The normalized spacial score (nSPS) is 33.2. The van der Waals surface area contributed by atoms with Crippen LogP contribution in [0.3, 0.4) is 0 Å². The van der Waals surface area contributed by atoms with Gasteiger partial charge in [-0.15, -0.1) is 0 Å². The van der Waals surface area contributed by atoms with Crippen LogP contribution >= 0.6 is 0 Å². The summed E-state index contributed by atoms with van der Waals surface area (Å²) >= 11 is 0. The predicted molar refractivity (Wildman–Crippen MR) is 75.9 cm³/mol. The second-order valence-corrected chi connectivity index (χ2v) is 6.13. The fourth-order valence-electron chi connectivity index (χ4n) is 3.51. The summed E-state index contributed by atoms with van der Waals surface area (Å²) in [5.74, 6) is 0.851. The maximum atomic E-state index is 5.60. The SMILES string of the molecule is CC(C)OCCNC1CCCC1C1CCCCN1. The second-order valence-electron chi connectivity index (χ2n) is 6.13. The van der Waals surface area contributed by atoms with Crippen LogP contribution in [0.1, 0.15) is 52.4 Å². The van der Waals surface area contributed by atoms with Crippen molar-refractivity contribution in [1.82, 2.24) is 10.6 Å². The number of hydrogen-bond acceptors (Lipinski definition) is 3. The lowest BCUT2D eigenvalue weighted by Gasteiger charge is -2.33. The first-order valence-electron chi connectivity index (χ1n) is 7.85. The summed E-state index contributed by atoms with van der Waals surface area (Å²) in [6.07, 6.45) is 8.66. The molecule has 3 atom stereocenters. The van der Waals surface area contributed by atoms with Gasteiger partial charge in [0.2, 0.25) is 0 Å². The highest BCUT2D eigenvalue weighted by molar-refractivity contribution is 4.92. The summed E-state index contributed by atoms with van der Waals surface area (Å²) in [7, 11) is 0. The molecule has 2 fully saturated rings. The van der Waals surface area contributed by atoms with E-state index >= 15 is 0 Å². The van der Waals surface area contributed by atoms with Gasteiger partial charge < -0.3 is 15.4 Å². The van der Waals surface area contributed by atoms with Crippen molar-refractivity contribution in [2.45, 2.75) is 70.6 Å². The van der Waals surface area contributed by atoms with Crippen molar-refractivity contribution in [1.29, 1.82) is 0 Å². The predicted octanol–water partition coefficient (Wildman–Crippen LogP) is 2.31. The van der Waals surface area contributed by atoms with Gasteiger partial charge in [0, 0.05) is 18.6 Å². The molecule has 1 aliphatic heterocycles. The minimum absolute atomic E-state index is 0.353. The van der Waals surface area contributed by atoms with Crippen LogP contribution in [0.25, 0.3) is 0 Å². The summed E-state index contributed by atoms with van der Waals surface area (Å²) in [6.45, 7) is 7.28. The molecule has 3 nitrogen and oxygen atoms in total. The first-order valence-corrected chi connectivity index (χ1v) is 7.85. The Hall–Kier alpha value is -0.120. The van der Waals surface area contributed by atoms with Crippen LogP contribution in [0, 0.1) is 5.92 Å². The topological polar surface area (TPSA) is 33.3 Å². The molecule has 1 aliphatic carbocycles. The Labute approximate surface area is 112 Å². The van der Waals surface area contributed by atoms with Gasteiger partial charge >= 0.3 is 0 Å². The average molecular weight is 254 g/mol. The van der Waals surface area contributed by atoms with Gasteiger partial charge in [0.1, 0.15) is 0 Å². The fraction of sp³-hybridized carbons (Fsp3) is 1.00. The van der Waals surface area contributed by atoms with Gasteiger partial charge in [-0.1, -0.05) is 12.8 Å². The summed E-state index contributed by atoms with van der Waals surface area (Å²) in [4.78, 5) is 0. The molecule has 0 spiro atoms. The van der Waals surface area contributed by atoms with Crippen LogP contribution in [0.4, 0.5) is 0 Å². The molecule has 2 rings (SSSR count). The third-order valence-corrected chi connectivity index (χ3v) is 4.39. The van der Waals surface area contributed by atoms with E-state index in [2.05, 4.69) is 24.5 Å². The van der Waals surface area contributed by atoms with Crippen LogP contribution in [0.2, 0.25) is 0 Å². The van der Waals surface area contributed by atoms with Crippen LogP contribution in [0.15, 0.2) is 0 Å². The van der Waals surface area contributed by atoms with Crippen LogP contribution < -0.4 is 10.6 Å². The summed E-state index contributed by atoms with van der Waals surface area (Å²) in [5.41, 5.74) is 0. The smallest absolute Gasteiger partial charge is 0.0594 e. The molecule has 3 heteroatoms. The Morgan fingerprint density at radius 2 is 2.06 bits per heavy atom. The van der Waals surface area contributed by atoms with Crippen LogP contribution in [0.5, 0.6) is 0 Å². The van der Waals surface area contributed by atoms with Gasteiger partial charge in [-0.05, 0) is 52.0 Å². The van der Waals surface area contributed by atoms with E-state index in [0.717, 1.165) is 31.2 Å². The lowest BCUT2D eigenvalue weighted by molar-refractivity contribution is 0.0778. The van der Waals surface area contributed by atoms with Crippen molar-refractivity contribution in [3.8, 4) is 0 Å². The van der Waals surface area contributed by atoms with Gasteiger partial charge in [0.15, 0.2) is 0 Å². The number of ether oxygens (including phenoxy) is 1. The molecular formula is C15H30N2O. The van der Waals surface area contributed by atoms with Gasteiger partial charge in [-0.2, -0.15) is 0 Å². The maximum absolute atomic E-state index is 5.60. The van der Waals surface area contributed by atoms with E-state index in [1.54, 1.807) is 0 Å². The van der Waals surface area contributed by atoms with Crippen molar-refractivity contribution >= 4 is 0 Å². The quantitative estimate of drug-likeness (QED) is 0.714. The Kier molecular flexibility index (Phi) is 5.93. The maximum Gasteiger partial charge on any atom is 0.0594 e. The zero-order valence-electron chi connectivity index (χ0n) is 12.1. The molecule has 0 aromatic heterocycles. The Morgan fingerprint density at radius 3 is 2.78 bits per heavy atom. The molecule has 18 heavy (non-hydrogen) atoms. The summed E-state index contributed by atoms with van der Waals surface area (Å²) in [5, 5.41) is 7.45. The molecule has 0 bridgehead atoms. The van der Waals surface area contributed by atoms with E-state index in [-0.39, 0.29) is 0 Å². The molecule has 3 unspecified atom stereocenters. The number of piperidine rings is 1. The van der Waals surface area contributed by atoms with E-state index in [1.165, 1.54) is 45.1 Å². The van der Waals surface area contributed by atoms with Crippen molar-refractivity contribution in [3.63, 3.8) is 0 Å². The Balaban J connectivity index is 1.69. The molecule has 0 aromatic rings. The fourth-order valence-corrected chi connectivity index (χ4v) is 3.51. The average Bonchev–Trinajstić information content (AvgIpc) is 2.84. The third-order valence-electron chi connectivity index (χ3n) is 4.39. The minimum atomic E-state index is 0.353. The molecule has 0 radical (unpaired) electrons. The Morgan fingerprint density at radius 1 is 1.17 bits per heavy atom. The standard InChI is InChI=1S/C15H30N2O/c1-12(2)18-11-10-17-15-8-5-6-13(15)14-7-3-4-9-16-14/h12-17H,3-11H2,1-2H3. The molecule has 2 aliphatic rings. The molecule has 0 amide bonds. The first-order chi connectivity index (χ1) is 8.77. The first kappa shape index (κ1) is 14.3. The number of rotatable bonds is 6. The lowest BCUT2D eigenvalue weighted by Crippen LogP contribution is -2.47. The molecule has 106 valence electrons. The van der Waals surface area contributed by atoms with Gasteiger partial charge in [-0.3, -0.25) is 0 Å². The van der Waals surface area contributed by atoms with Gasteiger partial charge in [-0.25, -0.2) is 0 Å². The molecule has 1 saturated carbocycles. The zero-order valence-corrected chi connectivity index (χ0v) is 12.1. The highest BCUT2D eigenvalue weighted by Gasteiger charge is 2.33. The zero-order chi connectivity index (χ0) is 12.8. The molecule has 2 N–H and O–H groups in total. The van der Waals surface area contributed by atoms with Crippen molar-refractivity contribution < 1.29 is 4.74 Å². The van der Waals surface area contributed by atoms with E-state index in [1.807, 2.05) is 0 Å². The van der Waals surface area contributed by atoms with Gasteiger partial charge in [0.25, 0.3) is 0 Å². The molecule has 1 heterocycles. The van der Waals surface area contributed by atoms with Crippen molar-refractivity contribution in [2.75, 3.05) is 19.7 Å². The van der Waals surface area contributed by atoms with E-state index in [0.29, 0.717) is 6.10 Å². The largest absolute Gasteiger partial charge is 0.377 e. The van der Waals surface area contributed by atoms with E-state index in [4.69, 9.17) is 4.74 Å². The second kappa shape index (κ2) is 7.46. The summed E-state index contributed by atoms with van der Waals surface area (Å²) < 4.78 is 5.60. The lowest BCUT2D eigenvalue weighted by atomic mass is 9.88. The minimum Gasteiger partial charge on any atom is -0.377 e. The van der Waals surface area contributed by atoms with Crippen molar-refractivity contribution in [3.05, 3.63) is 0 Å². The van der Waals surface area contributed by atoms with Crippen LogP contribution in [-0.4, -0.2) is 37.9 Å². The molecule has 1 saturated heterocycles. The summed E-state index contributed by atoms with van der Waals surface area (Å²) in [6, 6.07) is 1.49. The highest BCUT2D eigenvalue weighted by Crippen LogP contribution is 2.31. The van der Waals surface area contributed by atoms with Gasteiger partial charge in [0.05, 0.1) is 12.7 Å².